The molecular formula is C51H35N. The Morgan fingerprint density at radius 1 is 0.423 bits per heavy atom. The number of hydrogen-bond acceptors (Lipinski definition) is 1. The monoisotopic (exact) mass is 679 g/mol. The normalized spacial score (nSPS) is 18.9. The second-order valence-electron chi connectivity index (χ2n) is 11.8. The molecule has 9 rings (SSSR count). The lowest BCUT2D eigenvalue weighted by molar-refractivity contribution is 0.837. The van der Waals surface area contributed by atoms with E-state index >= 15 is 0 Å². The van der Waals surface area contributed by atoms with E-state index in [9.17, 15) is 11.0 Å². The van der Waals surface area contributed by atoms with E-state index in [-0.39, 0.29) is 5.69 Å². The van der Waals surface area contributed by atoms with Gasteiger partial charge in [-0.25, -0.2) is 0 Å². The maximum Gasteiger partial charge on any atom is 0.108 e. The van der Waals surface area contributed by atoms with Gasteiger partial charge >= 0.3 is 0 Å². The Labute approximate surface area is 331 Å². The van der Waals surface area contributed by atoms with Crippen molar-refractivity contribution >= 4 is 17.1 Å². The average molecular weight is 680 g/mol. The molecule has 0 amide bonds. The minimum Gasteiger partial charge on any atom is -0.310 e. The van der Waals surface area contributed by atoms with Gasteiger partial charge in [-0.15, -0.1) is 0 Å². The molecule has 1 nitrogen and oxygen atoms in total. The van der Waals surface area contributed by atoms with Crippen molar-refractivity contribution in [1.82, 2.24) is 0 Å². The molecule has 1 aliphatic carbocycles. The molecule has 0 aromatic heterocycles. The van der Waals surface area contributed by atoms with Crippen LogP contribution in [0.25, 0.3) is 33.4 Å². The molecule has 8 aromatic carbocycles. The van der Waals surface area contributed by atoms with Gasteiger partial charge in [0.2, 0.25) is 0 Å². The summed E-state index contributed by atoms with van der Waals surface area (Å²) in [6.07, 6.45) is 0. The van der Waals surface area contributed by atoms with Gasteiger partial charge in [0.1, 0.15) is 5.41 Å². The molecule has 0 bridgehead atoms. The first kappa shape index (κ1) is 17.4. The van der Waals surface area contributed by atoms with Gasteiger partial charge in [-0.05, 0) is 98.5 Å². The van der Waals surface area contributed by atoms with Crippen LogP contribution in [0.3, 0.4) is 0 Å². The fourth-order valence-corrected chi connectivity index (χ4v) is 6.51. The van der Waals surface area contributed by atoms with Gasteiger partial charge in [-0.1, -0.05) is 175 Å². The van der Waals surface area contributed by atoms with Crippen molar-refractivity contribution in [1.29, 1.82) is 0 Å². The molecule has 0 heterocycles. The summed E-state index contributed by atoms with van der Waals surface area (Å²) in [5.41, 5.74) is -0.625. The number of benzene rings is 8. The van der Waals surface area contributed by atoms with Crippen molar-refractivity contribution in [3.05, 3.63) is 234 Å². The molecule has 52 heavy (non-hydrogen) atoms. The van der Waals surface area contributed by atoms with Crippen LogP contribution in [0, 0.1) is 11.8 Å². The lowest BCUT2D eigenvalue weighted by Crippen LogP contribution is -2.25. The number of nitrogens with zero attached hydrogens (tertiary/aromatic N) is 1. The molecule has 0 radical (unpaired) electrons. The van der Waals surface area contributed by atoms with E-state index in [0.717, 1.165) is 21.6 Å². The first-order valence-corrected chi connectivity index (χ1v) is 16.3. The Morgan fingerprint density at radius 3 is 1.52 bits per heavy atom. The van der Waals surface area contributed by atoms with Gasteiger partial charge in [-0.3, -0.25) is 0 Å². The van der Waals surface area contributed by atoms with E-state index in [0.29, 0.717) is 16.7 Å². The quantitative estimate of drug-likeness (QED) is 0.158. The topological polar surface area (TPSA) is 3.24 Å². The predicted octanol–water partition coefficient (Wildman–Crippen LogP) is 12.9. The maximum absolute atomic E-state index is 9.59. The van der Waals surface area contributed by atoms with E-state index in [1.807, 2.05) is 84.9 Å². The third-order valence-corrected chi connectivity index (χ3v) is 8.83. The van der Waals surface area contributed by atoms with Crippen molar-refractivity contribution in [2.45, 2.75) is 5.41 Å². The summed E-state index contributed by atoms with van der Waals surface area (Å²) < 4.78 is 160. The highest BCUT2D eigenvalue weighted by Gasteiger charge is 2.44. The summed E-state index contributed by atoms with van der Waals surface area (Å²) in [4.78, 5) is 1.03. The second-order valence-corrected chi connectivity index (χ2v) is 11.8. The lowest BCUT2D eigenvalue weighted by Gasteiger charge is -2.30. The fraction of sp³-hybridized carbons (Fsp3) is 0.0196. The molecule has 244 valence electrons. The summed E-state index contributed by atoms with van der Waals surface area (Å²) in [5.74, 6) is 6.92. The van der Waals surface area contributed by atoms with Crippen LogP contribution in [0.2, 0.25) is 0 Å². The van der Waals surface area contributed by atoms with Crippen LogP contribution < -0.4 is 4.90 Å². The first-order chi connectivity index (χ1) is 33.3. The highest BCUT2D eigenvalue weighted by Crippen LogP contribution is 2.54. The van der Waals surface area contributed by atoms with E-state index < -0.39 is 148 Å². The second kappa shape index (κ2) is 13.4. The van der Waals surface area contributed by atoms with Crippen LogP contribution in [0.4, 0.5) is 17.1 Å². The summed E-state index contributed by atoms with van der Waals surface area (Å²) in [7, 11) is 0. The number of anilines is 3. The molecule has 0 fully saturated rings. The van der Waals surface area contributed by atoms with Gasteiger partial charge in [0.15, 0.2) is 0 Å². The molecule has 0 aliphatic heterocycles. The van der Waals surface area contributed by atoms with E-state index in [1.165, 1.54) is 0 Å². The highest BCUT2D eigenvalue weighted by molar-refractivity contribution is 5.90. The molecule has 0 spiro atoms. The zero-order valence-corrected chi connectivity index (χ0v) is 27.3. The Hall–Kier alpha value is -6.88. The number of rotatable bonds is 6. The molecule has 8 aromatic rings. The SMILES string of the molecule is [2H]c1c([2H])c([2H])c(-c2c([2H])c([2H])c(N(c3ccc4c(c3)C(C#Cc3ccccc3)(c3ccccc3)c3ccccc3-4)c3c([2H])c([2H])c(-c4c([2H])c([2H])c([2H])c([2H])c4[2H])c([2H])c3[2H])c([2H])c2[2H])c([2H])c1[2H]. The van der Waals surface area contributed by atoms with Gasteiger partial charge in [-0.2, -0.15) is 0 Å². The standard InChI is InChI=1S/C51H35N/c1-5-15-38(16-6-1)35-36-51(43-21-11-4-12-22-43)49-24-14-13-23-47(49)48-34-33-46(37-50(48)51)52(44-29-25-41(26-30-44)39-17-7-2-8-18-39)45-31-27-42(28-32-45)40-19-9-3-10-20-40/h1-34,37H/i2D,3D,7D,8D,9D,10D,17D,18D,19D,20D,25D,26D,27D,28D,29D,30D,31D,32D. The van der Waals surface area contributed by atoms with Gasteiger partial charge in [0, 0.05) is 22.6 Å². The molecule has 1 atom stereocenters. The zero-order valence-electron chi connectivity index (χ0n) is 45.3. The smallest absolute Gasteiger partial charge is 0.108 e. The number of fused-ring (bicyclic) bond motifs is 3. The molecule has 1 heteroatoms. The maximum atomic E-state index is 9.59. The Balaban J connectivity index is 1.41. The third kappa shape index (κ3) is 5.58. The average Bonchev–Trinajstić information content (AvgIpc) is 3.66. The summed E-state index contributed by atoms with van der Waals surface area (Å²) in [5, 5.41) is 0. The Morgan fingerprint density at radius 2 is 0.923 bits per heavy atom. The van der Waals surface area contributed by atoms with Crippen LogP contribution in [0.15, 0.2) is 212 Å². The van der Waals surface area contributed by atoms with Crippen molar-refractivity contribution in [2.24, 2.45) is 0 Å². The summed E-state index contributed by atoms with van der Waals surface area (Å²) >= 11 is 0. The lowest BCUT2D eigenvalue weighted by atomic mass is 9.72. The minimum atomic E-state index is -1.25. The highest BCUT2D eigenvalue weighted by atomic mass is 15.1. The molecule has 0 N–H and O–H groups in total. The Kier molecular flexibility index (Phi) is 4.49. The molecule has 1 unspecified atom stereocenters. The van der Waals surface area contributed by atoms with Crippen LogP contribution in [0.1, 0.15) is 46.9 Å². The predicted molar refractivity (Wildman–Crippen MR) is 217 cm³/mol. The minimum absolute atomic E-state index is 0.00101. The van der Waals surface area contributed by atoms with E-state index in [4.69, 9.17) is 13.7 Å². The van der Waals surface area contributed by atoms with E-state index in [2.05, 4.69) is 11.8 Å². The fourth-order valence-electron chi connectivity index (χ4n) is 6.51. The van der Waals surface area contributed by atoms with Gasteiger partial charge in [0.25, 0.3) is 0 Å². The van der Waals surface area contributed by atoms with Gasteiger partial charge < -0.3 is 4.90 Å². The van der Waals surface area contributed by atoms with Crippen molar-refractivity contribution in [2.75, 3.05) is 4.90 Å². The van der Waals surface area contributed by atoms with Crippen LogP contribution >= 0.6 is 0 Å². The van der Waals surface area contributed by atoms with Crippen molar-refractivity contribution < 1.29 is 24.7 Å². The van der Waals surface area contributed by atoms with Gasteiger partial charge in [0.05, 0.1) is 24.7 Å². The van der Waals surface area contributed by atoms with Crippen LogP contribution in [-0.4, -0.2) is 0 Å². The molecular weight excluding hydrogens is 627 g/mol. The van der Waals surface area contributed by atoms with E-state index in [1.54, 1.807) is 18.2 Å². The summed E-state index contributed by atoms with van der Waals surface area (Å²) in [6, 6.07) is 16.7. The van der Waals surface area contributed by atoms with Crippen molar-refractivity contribution in [3.63, 3.8) is 0 Å². The summed E-state index contributed by atoms with van der Waals surface area (Å²) in [6.45, 7) is 0. The third-order valence-electron chi connectivity index (χ3n) is 8.83. The van der Waals surface area contributed by atoms with Crippen molar-refractivity contribution in [3.8, 4) is 45.2 Å². The molecule has 0 saturated heterocycles. The number of hydrogen-bond donors (Lipinski definition) is 0. The zero-order chi connectivity index (χ0) is 50.4. The van der Waals surface area contributed by atoms with Crippen LogP contribution in [0.5, 0.6) is 0 Å². The largest absolute Gasteiger partial charge is 0.310 e. The first-order valence-electron chi connectivity index (χ1n) is 25.3. The van der Waals surface area contributed by atoms with Crippen LogP contribution in [-0.2, 0) is 5.41 Å². The molecule has 0 saturated carbocycles. The molecule has 1 aliphatic rings. The Bertz CT molecular complexity index is 3350.